The summed E-state index contributed by atoms with van der Waals surface area (Å²) in [5.74, 6) is 0.164. The summed E-state index contributed by atoms with van der Waals surface area (Å²) in [6.07, 6.45) is 3.02. The zero-order valence-corrected chi connectivity index (χ0v) is 19.8. The second-order valence-electron chi connectivity index (χ2n) is 8.10. The average molecular weight is 484 g/mol. The molecule has 0 atom stereocenters. The third kappa shape index (κ3) is 4.66. The molecule has 0 spiro atoms. The first-order valence-electron chi connectivity index (χ1n) is 10.6. The van der Waals surface area contributed by atoms with E-state index in [9.17, 15) is 13.5 Å². The van der Waals surface area contributed by atoms with Crippen LogP contribution in [0.3, 0.4) is 0 Å². The largest absolute Gasteiger partial charge is 0.383 e. The Bertz CT molecular complexity index is 1310. The Hall–Kier alpha value is -3.31. The fourth-order valence-corrected chi connectivity index (χ4v) is 4.44. The summed E-state index contributed by atoms with van der Waals surface area (Å²) in [5.41, 5.74) is 9.27. The molecule has 4 rings (SSSR count). The number of nitrogens with two attached hydrogens (primary N) is 1. The standard InChI is InChI=1S/C24H26FN5O3S/c1-14(2)34(31,32)17-5-7-21(28-13-17)16-9-19(24(26)29-12-16)23-10-22(30-33-23)18-6-4-15(11-27-3)8-20(18)25/h4-10,12-14,27,31-32H,11H2,1-3H3,(H2,26,29). The molecular formula is C24H26FN5O3S. The third-order valence-corrected chi connectivity index (χ3v) is 7.67. The summed E-state index contributed by atoms with van der Waals surface area (Å²) in [6.45, 7) is 4.04. The zero-order chi connectivity index (χ0) is 24.5. The van der Waals surface area contributed by atoms with E-state index in [1.807, 2.05) is 6.07 Å². The van der Waals surface area contributed by atoms with Gasteiger partial charge in [0.05, 0.1) is 22.3 Å². The summed E-state index contributed by atoms with van der Waals surface area (Å²) in [6, 6.07) is 11.6. The topological polar surface area (TPSA) is 130 Å². The number of nitrogens with one attached hydrogen (secondary N) is 1. The maximum absolute atomic E-state index is 14.6. The van der Waals surface area contributed by atoms with E-state index in [0.29, 0.717) is 45.3 Å². The Balaban J connectivity index is 1.65. The lowest BCUT2D eigenvalue weighted by molar-refractivity contribution is 0.434. The van der Waals surface area contributed by atoms with Gasteiger partial charge in [-0.25, -0.2) is 9.37 Å². The Morgan fingerprint density at radius 3 is 2.47 bits per heavy atom. The third-order valence-electron chi connectivity index (χ3n) is 5.42. The van der Waals surface area contributed by atoms with Crippen molar-refractivity contribution in [3.8, 4) is 33.8 Å². The fraction of sp³-hybridized carbons (Fsp3) is 0.208. The van der Waals surface area contributed by atoms with Crippen LogP contribution in [-0.2, 0) is 6.54 Å². The van der Waals surface area contributed by atoms with Crippen molar-refractivity contribution in [1.82, 2.24) is 20.4 Å². The second-order valence-corrected chi connectivity index (χ2v) is 10.7. The van der Waals surface area contributed by atoms with Gasteiger partial charge in [-0.1, -0.05) is 11.2 Å². The molecule has 3 aromatic heterocycles. The van der Waals surface area contributed by atoms with Crippen LogP contribution < -0.4 is 11.1 Å². The van der Waals surface area contributed by atoms with Gasteiger partial charge in [0, 0.05) is 35.2 Å². The summed E-state index contributed by atoms with van der Waals surface area (Å²) in [4.78, 5) is 8.98. The first kappa shape index (κ1) is 23.8. The number of hydrogen-bond donors (Lipinski definition) is 4. The van der Waals surface area contributed by atoms with Gasteiger partial charge in [0.1, 0.15) is 17.3 Å². The van der Waals surface area contributed by atoms with Crippen LogP contribution in [0.25, 0.3) is 33.8 Å². The van der Waals surface area contributed by atoms with Gasteiger partial charge < -0.3 is 15.6 Å². The lowest BCUT2D eigenvalue weighted by Crippen LogP contribution is -2.10. The number of benzene rings is 1. The highest BCUT2D eigenvalue weighted by Gasteiger charge is 2.21. The van der Waals surface area contributed by atoms with E-state index >= 15 is 0 Å². The van der Waals surface area contributed by atoms with Crippen molar-refractivity contribution in [1.29, 1.82) is 0 Å². The molecule has 0 aliphatic heterocycles. The number of nitrogens with zero attached hydrogens (tertiary/aromatic N) is 3. The van der Waals surface area contributed by atoms with Gasteiger partial charge in [0.15, 0.2) is 5.76 Å². The second kappa shape index (κ2) is 9.51. The molecule has 0 saturated carbocycles. The predicted molar refractivity (Wildman–Crippen MR) is 132 cm³/mol. The van der Waals surface area contributed by atoms with Crippen molar-refractivity contribution in [3.63, 3.8) is 0 Å². The fourth-order valence-electron chi connectivity index (χ4n) is 3.42. The van der Waals surface area contributed by atoms with Gasteiger partial charge >= 0.3 is 0 Å². The molecule has 1 aromatic carbocycles. The van der Waals surface area contributed by atoms with Crippen LogP contribution in [-0.4, -0.2) is 36.5 Å². The van der Waals surface area contributed by atoms with Gasteiger partial charge in [0.25, 0.3) is 0 Å². The van der Waals surface area contributed by atoms with E-state index in [4.69, 9.17) is 10.3 Å². The number of aromatic nitrogens is 3. The van der Waals surface area contributed by atoms with Crippen LogP contribution in [0, 0.1) is 5.82 Å². The van der Waals surface area contributed by atoms with Crippen LogP contribution in [0.1, 0.15) is 19.4 Å². The van der Waals surface area contributed by atoms with Crippen LogP contribution in [0.15, 0.2) is 64.3 Å². The molecule has 0 saturated heterocycles. The minimum Gasteiger partial charge on any atom is -0.383 e. The van der Waals surface area contributed by atoms with Gasteiger partial charge in [0.2, 0.25) is 0 Å². The van der Waals surface area contributed by atoms with Gasteiger partial charge in [-0.3, -0.25) is 14.1 Å². The molecule has 178 valence electrons. The lowest BCUT2D eigenvalue weighted by atomic mass is 10.1. The molecule has 0 bridgehead atoms. The highest BCUT2D eigenvalue weighted by molar-refractivity contribution is 8.24. The zero-order valence-electron chi connectivity index (χ0n) is 19.0. The number of rotatable bonds is 7. The van der Waals surface area contributed by atoms with Crippen molar-refractivity contribution < 1.29 is 18.0 Å². The van der Waals surface area contributed by atoms with Crippen molar-refractivity contribution in [2.45, 2.75) is 30.5 Å². The Kier molecular flexibility index (Phi) is 6.67. The Morgan fingerprint density at radius 2 is 1.82 bits per heavy atom. The Labute approximate surface area is 198 Å². The highest BCUT2D eigenvalue weighted by Crippen LogP contribution is 2.52. The molecule has 0 fully saturated rings. The van der Waals surface area contributed by atoms with Crippen molar-refractivity contribution in [2.24, 2.45) is 0 Å². The summed E-state index contributed by atoms with van der Waals surface area (Å²) in [7, 11) is -1.13. The van der Waals surface area contributed by atoms with Crippen LogP contribution >= 0.6 is 10.6 Å². The quantitative estimate of drug-likeness (QED) is 0.274. The van der Waals surface area contributed by atoms with Crippen LogP contribution in [0.2, 0.25) is 0 Å². The van der Waals surface area contributed by atoms with Crippen LogP contribution in [0.5, 0.6) is 0 Å². The molecule has 0 amide bonds. The summed E-state index contributed by atoms with van der Waals surface area (Å²) in [5, 5.41) is 6.68. The van der Waals surface area contributed by atoms with E-state index < -0.39 is 16.4 Å². The molecule has 0 unspecified atom stereocenters. The smallest absolute Gasteiger partial charge is 0.171 e. The van der Waals surface area contributed by atoms with Gasteiger partial charge in [-0.15, -0.1) is 0 Å². The SMILES string of the molecule is CNCc1ccc(-c2cc(-c3cc(-c4ccc(S(O)(O)C(C)C)cn4)cnc3N)on2)c(F)c1. The molecule has 5 N–H and O–H groups in total. The first-order valence-corrected chi connectivity index (χ1v) is 12.2. The minimum absolute atomic E-state index is 0.224. The van der Waals surface area contributed by atoms with E-state index in [0.717, 1.165) is 5.56 Å². The van der Waals surface area contributed by atoms with Crippen molar-refractivity contribution >= 4 is 16.4 Å². The van der Waals surface area contributed by atoms with Gasteiger partial charge in [-0.05, 0) is 56.8 Å². The molecule has 34 heavy (non-hydrogen) atoms. The van der Waals surface area contributed by atoms with E-state index in [1.54, 1.807) is 57.4 Å². The van der Waals surface area contributed by atoms with Crippen molar-refractivity contribution in [3.05, 3.63) is 66.2 Å². The molecule has 10 heteroatoms. The number of halogens is 1. The average Bonchev–Trinajstić information content (AvgIpc) is 3.29. The van der Waals surface area contributed by atoms with E-state index in [2.05, 4.69) is 20.4 Å². The number of anilines is 1. The van der Waals surface area contributed by atoms with E-state index in [1.165, 1.54) is 12.3 Å². The summed E-state index contributed by atoms with van der Waals surface area (Å²) < 4.78 is 40.7. The van der Waals surface area contributed by atoms with Crippen molar-refractivity contribution in [2.75, 3.05) is 12.8 Å². The maximum Gasteiger partial charge on any atom is 0.171 e. The number of hydrogen-bond acceptors (Lipinski definition) is 8. The molecule has 3 heterocycles. The normalized spacial score (nSPS) is 12.3. The predicted octanol–water partition coefficient (Wildman–Crippen LogP) is 5.42. The molecule has 0 aliphatic rings. The van der Waals surface area contributed by atoms with Gasteiger partial charge in [-0.2, -0.15) is 10.6 Å². The molecular weight excluding hydrogens is 457 g/mol. The molecule has 8 nitrogen and oxygen atoms in total. The number of nitrogen functional groups attached to an aromatic ring is 1. The monoisotopic (exact) mass is 483 g/mol. The molecule has 0 aliphatic carbocycles. The lowest BCUT2D eigenvalue weighted by Gasteiger charge is -2.36. The minimum atomic E-state index is -2.92. The molecule has 4 aromatic rings. The molecule has 0 radical (unpaired) electrons. The maximum atomic E-state index is 14.6. The highest BCUT2D eigenvalue weighted by atomic mass is 32.3. The van der Waals surface area contributed by atoms with Crippen LogP contribution in [0.4, 0.5) is 10.2 Å². The van der Waals surface area contributed by atoms with E-state index in [-0.39, 0.29) is 11.1 Å². The first-order chi connectivity index (χ1) is 16.2. The number of pyridine rings is 2. The summed E-state index contributed by atoms with van der Waals surface area (Å²) >= 11 is 0. The Morgan fingerprint density at radius 1 is 1.03 bits per heavy atom.